The highest BCUT2D eigenvalue weighted by atomic mass is 32.2. The first kappa shape index (κ1) is 25.4. The lowest BCUT2D eigenvalue weighted by atomic mass is 10.0. The summed E-state index contributed by atoms with van der Waals surface area (Å²) in [5.74, 6) is -1.33. The van der Waals surface area contributed by atoms with E-state index in [1.54, 1.807) is 24.3 Å². The van der Waals surface area contributed by atoms with Crippen LogP contribution >= 0.6 is 0 Å². The van der Waals surface area contributed by atoms with E-state index in [1.807, 2.05) is 51.1 Å². The minimum atomic E-state index is -1.39. The smallest absolute Gasteiger partial charge is 0.251 e. The summed E-state index contributed by atoms with van der Waals surface area (Å²) in [4.78, 5) is 26.4. The predicted octanol–water partition coefficient (Wildman–Crippen LogP) is 4.22. The fourth-order valence-electron chi connectivity index (χ4n) is 3.13. The summed E-state index contributed by atoms with van der Waals surface area (Å²) in [5, 5.41) is 5.55. The highest BCUT2D eigenvalue weighted by molar-refractivity contribution is 7.89. The van der Waals surface area contributed by atoms with E-state index in [0.717, 1.165) is 5.56 Å². The van der Waals surface area contributed by atoms with E-state index in [1.165, 1.54) is 24.3 Å². The zero-order valence-corrected chi connectivity index (χ0v) is 20.1. The molecule has 0 radical (unpaired) electrons. The van der Waals surface area contributed by atoms with Crippen molar-refractivity contribution in [2.45, 2.75) is 43.7 Å². The molecule has 0 fully saturated rings. The summed E-state index contributed by atoms with van der Waals surface area (Å²) in [6.45, 7) is 5.77. The Labute approximate surface area is 202 Å². The van der Waals surface area contributed by atoms with Crippen LogP contribution in [0.4, 0.5) is 10.1 Å². The average Bonchev–Trinajstić information content (AvgIpc) is 2.79. The molecule has 0 aliphatic carbocycles. The molecule has 0 saturated carbocycles. The Balaban J connectivity index is 1.72. The molecule has 3 N–H and O–H groups in total. The Bertz CT molecular complexity index is 1100. The number of rotatable bonds is 8. The molecule has 3 aromatic carbocycles. The number of carbonyl (C=O) groups excluding carboxylic acids is 2. The van der Waals surface area contributed by atoms with Crippen LogP contribution in [0.2, 0.25) is 0 Å². The molecule has 178 valence electrons. The van der Waals surface area contributed by atoms with Gasteiger partial charge in [0.2, 0.25) is 5.91 Å². The van der Waals surface area contributed by atoms with Gasteiger partial charge in [0.15, 0.2) is 4.90 Å². The van der Waals surface area contributed by atoms with Gasteiger partial charge < -0.3 is 15.2 Å². The molecule has 0 aliphatic heterocycles. The third kappa shape index (κ3) is 7.69. The third-order valence-electron chi connectivity index (χ3n) is 4.75. The highest BCUT2D eigenvalue weighted by Gasteiger charge is 2.23. The van der Waals surface area contributed by atoms with E-state index < -0.39 is 35.0 Å². The molecule has 2 unspecified atom stereocenters. The van der Waals surface area contributed by atoms with Gasteiger partial charge in [-0.2, -0.15) is 0 Å². The largest absolute Gasteiger partial charge is 0.593 e. The fourth-order valence-corrected chi connectivity index (χ4v) is 4.19. The molecule has 2 atom stereocenters. The monoisotopic (exact) mass is 481 g/mol. The van der Waals surface area contributed by atoms with Crippen LogP contribution in [0, 0.1) is 5.82 Å². The van der Waals surface area contributed by atoms with Crippen LogP contribution in [0.15, 0.2) is 83.8 Å². The first-order chi connectivity index (χ1) is 16.1. The second-order valence-corrected chi connectivity index (χ2v) is 10.1. The van der Waals surface area contributed by atoms with Crippen molar-refractivity contribution in [3.05, 3.63) is 95.8 Å². The van der Waals surface area contributed by atoms with Crippen LogP contribution in [0.25, 0.3) is 0 Å². The SMILES string of the molecule is CC(C)(C)N[S+]([O-])c1ccc(NC(=O)C(Cc2ccccc2)NC(=O)c2ccc(F)cc2)cc1. The Morgan fingerprint density at radius 3 is 2.15 bits per heavy atom. The van der Waals surface area contributed by atoms with Gasteiger partial charge in [0.25, 0.3) is 5.91 Å². The van der Waals surface area contributed by atoms with Crippen molar-refractivity contribution >= 4 is 28.9 Å². The number of benzene rings is 3. The van der Waals surface area contributed by atoms with Gasteiger partial charge in [-0.3, -0.25) is 9.59 Å². The molecule has 0 saturated heterocycles. The van der Waals surface area contributed by atoms with Gasteiger partial charge >= 0.3 is 0 Å². The molecule has 8 heteroatoms. The van der Waals surface area contributed by atoms with Crippen molar-refractivity contribution < 1.29 is 18.5 Å². The number of hydrogen-bond donors (Lipinski definition) is 3. The normalized spacial score (nSPS) is 13.1. The van der Waals surface area contributed by atoms with Crippen LogP contribution in [-0.2, 0) is 22.6 Å². The van der Waals surface area contributed by atoms with Gasteiger partial charge in [-0.05, 0) is 74.9 Å². The zero-order chi connectivity index (χ0) is 24.7. The lowest BCUT2D eigenvalue weighted by Crippen LogP contribution is -2.45. The van der Waals surface area contributed by atoms with E-state index in [-0.39, 0.29) is 17.5 Å². The van der Waals surface area contributed by atoms with Crippen LogP contribution in [0.3, 0.4) is 0 Å². The van der Waals surface area contributed by atoms with Crippen molar-refractivity contribution in [3.8, 4) is 0 Å². The second-order valence-electron chi connectivity index (χ2n) is 8.86. The van der Waals surface area contributed by atoms with Crippen LogP contribution in [-0.4, -0.2) is 27.9 Å². The van der Waals surface area contributed by atoms with E-state index in [2.05, 4.69) is 15.4 Å². The van der Waals surface area contributed by atoms with Gasteiger partial charge in [-0.1, -0.05) is 30.3 Å². The molecule has 0 aromatic heterocycles. The lowest BCUT2D eigenvalue weighted by molar-refractivity contribution is -0.118. The predicted molar refractivity (Wildman–Crippen MR) is 132 cm³/mol. The molecule has 0 spiro atoms. The molecule has 3 rings (SSSR count). The minimum absolute atomic E-state index is 0.255. The molecule has 6 nitrogen and oxygen atoms in total. The maximum atomic E-state index is 13.2. The van der Waals surface area contributed by atoms with Crippen molar-refractivity contribution in [1.82, 2.24) is 10.0 Å². The molecule has 0 bridgehead atoms. The number of halogens is 1. The van der Waals surface area contributed by atoms with E-state index in [4.69, 9.17) is 0 Å². The van der Waals surface area contributed by atoms with E-state index in [0.29, 0.717) is 10.6 Å². The first-order valence-electron chi connectivity index (χ1n) is 10.8. The van der Waals surface area contributed by atoms with Crippen molar-refractivity contribution in [2.24, 2.45) is 0 Å². The molecule has 3 aromatic rings. The standard InChI is InChI=1S/C26H28FN3O3S/c1-26(2,3)30-34(33)22-15-13-21(14-16-22)28-25(32)23(17-18-7-5-4-6-8-18)29-24(31)19-9-11-20(27)12-10-19/h4-16,23,30H,17H2,1-3H3,(H,28,32)(H,29,31). The Kier molecular flexibility index (Phi) is 8.44. The van der Waals surface area contributed by atoms with Gasteiger partial charge in [0, 0.05) is 17.7 Å². The number of amides is 2. The first-order valence-corrected chi connectivity index (χ1v) is 12.0. The van der Waals surface area contributed by atoms with Crippen molar-refractivity contribution in [3.63, 3.8) is 0 Å². The number of carbonyl (C=O) groups is 2. The zero-order valence-electron chi connectivity index (χ0n) is 19.3. The molecule has 34 heavy (non-hydrogen) atoms. The van der Waals surface area contributed by atoms with Crippen molar-refractivity contribution in [1.29, 1.82) is 0 Å². The second kappa shape index (κ2) is 11.3. The quantitative estimate of drug-likeness (QED) is 0.420. The number of anilines is 1. The van der Waals surface area contributed by atoms with Crippen LogP contribution < -0.4 is 15.4 Å². The number of hydrogen-bond acceptors (Lipinski definition) is 4. The fraction of sp³-hybridized carbons (Fsp3) is 0.231. The van der Waals surface area contributed by atoms with E-state index >= 15 is 0 Å². The Morgan fingerprint density at radius 1 is 0.941 bits per heavy atom. The Hall–Kier alpha value is -3.20. The molecule has 0 heterocycles. The van der Waals surface area contributed by atoms with Crippen LogP contribution in [0.1, 0.15) is 36.7 Å². The summed E-state index contributed by atoms with van der Waals surface area (Å²) in [5.41, 5.74) is 1.33. The van der Waals surface area contributed by atoms with Gasteiger partial charge in [-0.25, -0.2) is 4.39 Å². The summed E-state index contributed by atoms with van der Waals surface area (Å²) in [7, 11) is 0. The summed E-state index contributed by atoms with van der Waals surface area (Å²) < 4.78 is 28.6. The topological polar surface area (TPSA) is 93.3 Å². The van der Waals surface area contributed by atoms with Crippen LogP contribution in [0.5, 0.6) is 0 Å². The summed E-state index contributed by atoms with van der Waals surface area (Å²) >= 11 is -1.39. The average molecular weight is 482 g/mol. The minimum Gasteiger partial charge on any atom is -0.593 e. The highest BCUT2D eigenvalue weighted by Crippen LogP contribution is 2.17. The van der Waals surface area contributed by atoms with Gasteiger partial charge in [0.05, 0.1) is 16.9 Å². The van der Waals surface area contributed by atoms with Gasteiger partial charge in [-0.15, -0.1) is 4.72 Å². The third-order valence-corrected chi connectivity index (χ3v) is 6.24. The summed E-state index contributed by atoms with van der Waals surface area (Å²) in [6.07, 6.45) is 0.275. The Morgan fingerprint density at radius 2 is 1.56 bits per heavy atom. The van der Waals surface area contributed by atoms with Crippen molar-refractivity contribution in [2.75, 3.05) is 5.32 Å². The molecular weight excluding hydrogens is 453 g/mol. The lowest BCUT2D eigenvalue weighted by Gasteiger charge is -2.22. The molecule has 0 aliphatic rings. The van der Waals surface area contributed by atoms with Gasteiger partial charge in [0.1, 0.15) is 11.9 Å². The summed E-state index contributed by atoms with van der Waals surface area (Å²) in [6, 6.07) is 20.3. The van der Waals surface area contributed by atoms with E-state index in [9.17, 15) is 18.5 Å². The maximum absolute atomic E-state index is 13.2. The molecular formula is C26H28FN3O3S. The molecule has 2 amide bonds. The number of nitrogens with one attached hydrogen (secondary N) is 3. The maximum Gasteiger partial charge on any atom is 0.251 e.